The lowest BCUT2D eigenvalue weighted by Crippen LogP contribution is -2.16. The molecule has 0 unspecified atom stereocenters. The highest BCUT2D eigenvalue weighted by atomic mass is 16.5. The smallest absolute Gasteiger partial charge is 0.337 e. The van der Waals surface area contributed by atoms with Crippen molar-refractivity contribution in [2.45, 2.75) is 6.92 Å². The van der Waals surface area contributed by atoms with Gasteiger partial charge >= 0.3 is 5.97 Å². The third-order valence-corrected chi connectivity index (χ3v) is 3.22. The van der Waals surface area contributed by atoms with E-state index in [1.807, 2.05) is 37.3 Å². The molecule has 0 aliphatic heterocycles. The molecule has 4 nitrogen and oxygen atoms in total. The van der Waals surface area contributed by atoms with Gasteiger partial charge in [-0.25, -0.2) is 4.79 Å². The van der Waals surface area contributed by atoms with Gasteiger partial charge in [0.15, 0.2) is 0 Å². The maximum Gasteiger partial charge on any atom is 0.337 e. The summed E-state index contributed by atoms with van der Waals surface area (Å²) in [5, 5.41) is 0.784. The van der Waals surface area contributed by atoms with Crippen molar-refractivity contribution in [1.29, 1.82) is 0 Å². The highest BCUT2D eigenvalue weighted by molar-refractivity contribution is 5.89. The van der Waals surface area contributed by atoms with E-state index in [1.54, 1.807) is 19.2 Å². The number of methoxy groups -OCH3 is 2. The molecule has 2 aromatic rings. The van der Waals surface area contributed by atoms with Crippen LogP contribution in [0.1, 0.15) is 17.3 Å². The van der Waals surface area contributed by atoms with Crippen molar-refractivity contribution in [2.75, 3.05) is 14.2 Å². The lowest BCUT2D eigenvalue weighted by Gasteiger charge is -2.00. The van der Waals surface area contributed by atoms with Crippen LogP contribution in [0.4, 0.5) is 0 Å². The fraction of sp³-hybridized carbons (Fsp3) is 0.167. The molecule has 22 heavy (non-hydrogen) atoms. The molecular weight excluding hydrogens is 280 g/mol. The second-order valence-corrected chi connectivity index (χ2v) is 4.72. The minimum Gasteiger partial charge on any atom is -0.501 e. The van der Waals surface area contributed by atoms with Crippen LogP contribution in [-0.2, 0) is 9.47 Å². The minimum atomic E-state index is -0.363. The van der Waals surface area contributed by atoms with E-state index < -0.39 is 0 Å². The van der Waals surface area contributed by atoms with Crippen LogP contribution in [0.5, 0.6) is 0 Å². The van der Waals surface area contributed by atoms with Gasteiger partial charge in [-0.15, -0.1) is 0 Å². The molecule has 2 rings (SSSR count). The second kappa shape index (κ2) is 6.80. The Bertz CT molecular complexity index is 795. The number of rotatable bonds is 4. The Hall–Kier alpha value is -2.75. The van der Waals surface area contributed by atoms with Crippen LogP contribution < -0.4 is 10.6 Å². The number of hydrogen-bond acceptors (Lipinski definition) is 4. The van der Waals surface area contributed by atoms with Crippen LogP contribution in [0.3, 0.4) is 0 Å². The molecule has 0 N–H and O–H groups in total. The molecule has 114 valence electrons. The molecule has 0 aliphatic carbocycles. The van der Waals surface area contributed by atoms with E-state index in [0.29, 0.717) is 16.7 Å². The summed E-state index contributed by atoms with van der Waals surface area (Å²) in [5.41, 5.74) is 2.03. The van der Waals surface area contributed by atoms with Crippen molar-refractivity contribution in [2.24, 2.45) is 0 Å². The van der Waals surface area contributed by atoms with E-state index in [-0.39, 0.29) is 5.97 Å². The normalized spacial score (nSPS) is 12.3. The lowest BCUT2D eigenvalue weighted by molar-refractivity contribution is 0.0600. The first-order valence-electron chi connectivity index (χ1n) is 6.75. The number of carbonyl (C=O) groups excluding carboxylic acids is 1. The maximum atomic E-state index is 11.4. The standard InChI is InChI=1S/C18H18O4/c1-12-11-17(22-16(12)10-5-13(2)20-3)14-6-8-15(9-7-14)18(19)21-4/h5-11H,1H2,2-4H3/b13-5+,16-10+. The molecule has 1 heterocycles. The fourth-order valence-corrected chi connectivity index (χ4v) is 1.88. The molecule has 0 fully saturated rings. The number of esters is 1. The number of furan rings is 1. The third-order valence-electron chi connectivity index (χ3n) is 3.22. The molecule has 0 radical (unpaired) electrons. The van der Waals surface area contributed by atoms with E-state index in [4.69, 9.17) is 9.15 Å². The van der Waals surface area contributed by atoms with Crippen LogP contribution in [0.15, 0.2) is 46.6 Å². The zero-order chi connectivity index (χ0) is 16.1. The van der Waals surface area contributed by atoms with Gasteiger partial charge in [0.2, 0.25) is 0 Å². The molecule has 0 atom stereocenters. The van der Waals surface area contributed by atoms with Crippen molar-refractivity contribution >= 4 is 18.6 Å². The maximum absolute atomic E-state index is 11.4. The van der Waals surface area contributed by atoms with Gasteiger partial charge in [-0.2, -0.15) is 0 Å². The van der Waals surface area contributed by atoms with Gasteiger partial charge < -0.3 is 13.9 Å². The Morgan fingerprint density at radius 1 is 1.18 bits per heavy atom. The average Bonchev–Trinajstić information content (AvgIpc) is 2.93. The van der Waals surface area contributed by atoms with Crippen LogP contribution in [0.25, 0.3) is 24.0 Å². The van der Waals surface area contributed by atoms with E-state index in [9.17, 15) is 4.79 Å². The quantitative estimate of drug-likeness (QED) is 0.643. The van der Waals surface area contributed by atoms with Gasteiger partial charge in [0.05, 0.1) is 25.5 Å². The Morgan fingerprint density at radius 3 is 2.45 bits per heavy atom. The average molecular weight is 298 g/mol. The molecule has 1 aromatic carbocycles. The predicted octanol–water partition coefficient (Wildman–Crippen LogP) is 2.47. The van der Waals surface area contributed by atoms with Crippen LogP contribution in [0, 0.1) is 0 Å². The molecule has 4 heteroatoms. The lowest BCUT2D eigenvalue weighted by atomic mass is 10.1. The highest BCUT2D eigenvalue weighted by Gasteiger charge is 2.07. The number of ether oxygens (including phenoxy) is 2. The first-order valence-corrected chi connectivity index (χ1v) is 6.75. The topological polar surface area (TPSA) is 48.7 Å². The number of benzene rings is 1. The summed E-state index contributed by atoms with van der Waals surface area (Å²) in [6.07, 6.45) is 3.63. The molecule has 0 spiro atoms. The predicted molar refractivity (Wildman–Crippen MR) is 85.5 cm³/mol. The van der Waals surface area contributed by atoms with E-state index in [2.05, 4.69) is 11.3 Å². The first-order chi connectivity index (χ1) is 10.5. The monoisotopic (exact) mass is 298 g/mol. The first kappa shape index (κ1) is 15.6. The summed E-state index contributed by atoms with van der Waals surface area (Å²) in [5.74, 6) is 1.11. The molecule has 0 bridgehead atoms. The number of allylic oxidation sites excluding steroid dienone is 2. The van der Waals surface area contributed by atoms with E-state index in [0.717, 1.165) is 16.5 Å². The van der Waals surface area contributed by atoms with Crippen LogP contribution >= 0.6 is 0 Å². The van der Waals surface area contributed by atoms with E-state index >= 15 is 0 Å². The van der Waals surface area contributed by atoms with Crippen molar-refractivity contribution in [3.8, 4) is 11.3 Å². The Kier molecular flexibility index (Phi) is 4.84. The van der Waals surface area contributed by atoms with Crippen LogP contribution in [-0.4, -0.2) is 20.2 Å². The van der Waals surface area contributed by atoms with Crippen LogP contribution in [0.2, 0.25) is 0 Å². The Morgan fingerprint density at radius 2 is 1.86 bits per heavy atom. The summed E-state index contributed by atoms with van der Waals surface area (Å²) in [6.45, 7) is 5.82. The SMILES string of the molecule is C=c1cc(-c2ccc(C(=O)OC)cc2)o/c1=C/C=C(\C)OC. The Balaban J connectivity index is 2.35. The summed E-state index contributed by atoms with van der Waals surface area (Å²) in [4.78, 5) is 11.4. The molecular formula is C18H18O4. The largest absolute Gasteiger partial charge is 0.501 e. The zero-order valence-corrected chi connectivity index (χ0v) is 12.9. The summed E-state index contributed by atoms with van der Waals surface area (Å²) >= 11 is 0. The van der Waals surface area contributed by atoms with Gasteiger partial charge in [0, 0.05) is 10.8 Å². The number of carbonyl (C=O) groups is 1. The minimum absolute atomic E-state index is 0.363. The summed E-state index contributed by atoms with van der Waals surface area (Å²) in [7, 11) is 2.97. The molecule has 1 aromatic heterocycles. The van der Waals surface area contributed by atoms with Crippen molar-refractivity contribution in [1.82, 2.24) is 0 Å². The molecule has 0 saturated heterocycles. The van der Waals surface area contributed by atoms with Crippen molar-refractivity contribution in [3.63, 3.8) is 0 Å². The highest BCUT2D eigenvalue weighted by Crippen LogP contribution is 2.17. The second-order valence-electron chi connectivity index (χ2n) is 4.72. The molecule has 0 aliphatic rings. The van der Waals surface area contributed by atoms with Gasteiger partial charge in [-0.1, -0.05) is 18.7 Å². The van der Waals surface area contributed by atoms with Crippen molar-refractivity contribution in [3.05, 3.63) is 58.4 Å². The van der Waals surface area contributed by atoms with Gasteiger partial charge in [-0.3, -0.25) is 0 Å². The van der Waals surface area contributed by atoms with E-state index in [1.165, 1.54) is 7.11 Å². The zero-order valence-electron chi connectivity index (χ0n) is 12.9. The van der Waals surface area contributed by atoms with Gasteiger partial charge in [-0.05, 0) is 37.3 Å². The third kappa shape index (κ3) is 3.47. The summed E-state index contributed by atoms with van der Waals surface area (Å²) in [6, 6.07) is 8.87. The fourth-order valence-electron chi connectivity index (χ4n) is 1.88. The van der Waals surface area contributed by atoms with Gasteiger partial charge in [0.25, 0.3) is 0 Å². The van der Waals surface area contributed by atoms with Crippen molar-refractivity contribution < 1.29 is 18.7 Å². The Labute approximate surface area is 129 Å². The molecule has 0 amide bonds. The molecule has 0 saturated carbocycles. The number of hydrogen-bond donors (Lipinski definition) is 0. The van der Waals surface area contributed by atoms with Gasteiger partial charge in [0.1, 0.15) is 11.2 Å². The summed E-state index contributed by atoms with van der Waals surface area (Å²) < 4.78 is 15.5.